The average molecular weight is 260 g/mol. The molecule has 0 bridgehead atoms. The molecule has 0 aliphatic carbocycles. The summed E-state index contributed by atoms with van der Waals surface area (Å²) in [5.41, 5.74) is 3.34. The van der Waals surface area contributed by atoms with Crippen LogP contribution in [0.4, 0.5) is 11.5 Å². The van der Waals surface area contributed by atoms with E-state index in [0.717, 1.165) is 22.3 Å². The van der Waals surface area contributed by atoms with Crippen LogP contribution in [0.15, 0.2) is 48.7 Å². The van der Waals surface area contributed by atoms with Crippen LogP contribution < -0.4 is 5.32 Å². The molecule has 4 heteroatoms. The molecule has 2 heterocycles. The molecule has 20 heavy (non-hydrogen) atoms. The number of rotatable bonds is 2. The van der Waals surface area contributed by atoms with Crippen LogP contribution in [-0.2, 0) is 0 Å². The second kappa shape index (κ2) is 4.98. The number of nitrogens with zero attached hydrogens (tertiary/aromatic N) is 3. The SMILES string of the molecule is Cc1ccc2cccc(Nc3ccc(C#N)cn3)c2n1. The highest BCUT2D eigenvalue weighted by Crippen LogP contribution is 2.24. The number of pyridine rings is 2. The number of para-hydroxylation sites is 1. The lowest BCUT2D eigenvalue weighted by Gasteiger charge is -2.09. The van der Waals surface area contributed by atoms with Crippen molar-refractivity contribution in [1.82, 2.24) is 9.97 Å². The monoisotopic (exact) mass is 260 g/mol. The fraction of sp³-hybridized carbons (Fsp3) is 0.0625. The first-order valence-corrected chi connectivity index (χ1v) is 6.26. The van der Waals surface area contributed by atoms with Crippen molar-refractivity contribution in [1.29, 1.82) is 5.26 Å². The lowest BCUT2D eigenvalue weighted by molar-refractivity contribution is 1.25. The maximum Gasteiger partial charge on any atom is 0.130 e. The Kier molecular flexibility index (Phi) is 3.02. The zero-order chi connectivity index (χ0) is 13.9. The first-order valence-electron chi connectivity index (χ1n) is 6.26. The van der Waals surface area contributed by atoms with Gasteiger partial charge in [-0.15, -0.1) is 0 Å². The van der Waals surface area contributed by atoms with Gasteiger partial charge in [-0.1, -0.05) is 18.2 Å². The Hall–Kier alpha value is -2.93. The third kappa shape index (κ3) is 2.29. The second-order valence-electron chi connectivity index (χ2n) is 4.50. The molecule has 3 rings (SSSR count). The first-order chi connectivity index (χ1) is 9.76. The largest absolute Gasteiger partial charge is 0.338 e. The summed E-state index contributed by atoms with van der Waals surface area (Å²) in [6.45, 7) is 1.97. The summed E-state index contributed by atoms with van der Waals surface area (Å²) in [4.78, 5) is 8.78. The van der Waals surface area contributed by atoms with Gasteiger partial charge in [0.25, 0.3) is 0 Å². The number of fused-ring (bicyclic) bond motifs is 1. The van der Waals surface area contributed by atoms with Crippen LogP contribution in [0.5, 0.6) is 0 Å². The van der Waals surface area contributed by atoms with E-state index in [1.54, 1.807) is 18.3 Å². The Morgan fingerprint density at radius 1 is 1.10 bits per heavy atom. The molecular formula is C16H12N4. The van der Waals surface area contributed by atoms with E-state index in [1.807, 2.05) is 31.2 Å². The lowest BCUT2D eigenvalue weighted by Crippen LogP contribution is -1.96. The predicted octanol–water partition coefficient (Wildman–Crippen LogP) is 3.55. The molecule has 0 atom stereocenters. The molecule has 0 fully saturated rings. The van der Waals surface area contributed by atoms with Crippen molar-refractivity contribution in [2.24, 2.45) is 0 Å². The molecule has 96 valence electrons. The van der Waals surface area contributed by atoms with Gasteiger partial charge >= 0.3 is 0 Å². The van der Waals surface area contributed by atoms with Crippen molar-refractivity contribution in [2.75, 3.05) is 5.32 Å². The van der Waals surface area contributed by atoms with E-state index in [9.17, 15) is 0 Å². The molecule has 0 aliphatic rings. The van der Waals surface area contributed by atoms with Crippen LogP contribution in [0.2, 0.25) is 0 Å². The molecule has 0 unspecified atom stereocenters. The molecule has 1 N–H and O–H groups in total. The second-order valence-corrected chi connectivity index (χ2v) is 4.50. The van der Waals surface area contributed by atoms with Crippen LogP contribution in [0.3, 0.4) is 0 Å². The fourth-order valence-electron chi connectivity index (χ4n) is 2.02. The average Bonchev–Trinajstić information content (AvgIpc) is 2.49. The van der Waals surface area contributed by atoms with Crippen molar-refractivity contribution in [2.45, 2.75) is 6.92 Å². The maximum absolute atomic E-state index is 8.77. The number of nitriles is 1. The minimum absolute atomic E-state index is 0.544. The molecular weight excluding hydrogens is 248 g/mol. The molecule has 2 aromatic heterocycles. The summed E-state index contributed by atoms with van der Waals surface area (Å²) in [5.74, 6) is 0.694. The van der Waals surface area contributed by atoms with Gasteiger partial charge in [-0.3, -0.25) is 4.98 Å². The molecule has 0 aliphatic heterocycles. The summed E-state index contributed by atoms with van der Waals surface area (Å²) < 4.78 is 0. The molecule has 0 saturated heterocycles. The zero-order valence-electron chi connectivity index (χ0n) is 11.0. The highest BCUT2D eigenvalue weighted by Gasteiger charge is 2.04. The van der Waals surface area contributed by atoms with E-state index < -0.39 is 0 Å². The van der Waals surface area contributed by atoms with Gasteiger partial charge in [-0.2, -0.15) is 5.26 Å². The van der Waals surface area contributed by atoms with E-state index in [-0.39, 0.29) is 0 Å². The van der Waals surface area contributed by atoms with E-state index in [0.29, 0.717) is 11.4 Å². The summed E-state index contributed by atoms with van der Waals surface area (Å²) >= 11 is 0. The van der Waals surface area contributed by atoms with Gasteiger partial charge in [0.05, 0.1) is 16.8 Å². The third-order valence-electron chi connectivity index (χ3n) is 3.01. The van der Waals surface area contributed by atoms with Gasteiger partial charge in [0.2, 0.25) is 0 Å². The molecule has 3 aromatic rings. The topological polar surface area (TPSA) is 61.6 Å². The summed E-state index contributed by atoms with van der Waals surface area (Å²) in [6, 6.07) is 15.6. The third-order valence-corrected chi connectivity index (χ3v) is 3.01. The normalized spacial score (nSPS) is 10.2. The zero-order valence-corrected chi connectivity index (χ0v) is 11.0. The van der Waals surface area contributed by atoms with E-state index >= 15 is 0 Å². The van der Waals surface area contributed by atoms with Crippen molar-refractivity contribution in [3.05, 3.63) is 59.9 Å². The maximum atomic E-state index is 8.77. The molecule has 0 spiro atoms. The van der Waals surface area contributed by atoms with E-state index in [1.165, 1.54) is 0 Å². The van der Waals surface area contributed by atoms with E-state index in [2.05, 4.69) is 27.4 Å². The van der Waals surface area contributed by atoms with Crippen LogP contribution in [0.1, 0.15) is 11.3 Å². The highest BCUT2D eigenvalue weighted by molar-refractivity contribution is 5.91. The van der Waals surface area contributed by atoms with Crippen molar-refractivity contribution in [3.63, 3.8) is 0 Å². The Bertz CT molecular complexity index is 801. The lowest BCUT2D eigenvalue weighted by atomic mass is 10.1. The Morgan fingerprint density at radius 2 is 2.00 bits per heavy atom. The number of hydrogen-bond donors (Lipinski definition) is 1. The smallest absolute Gasteiger partial charge is 0.130 e. The van der Waals surface area contributed by atoms with Crippen molar-refractivity contribution < 1.29 is 0 Å². The van der Waals surface area contributed by atoms with Gasteiger partial charge in [0.15, 0.2) is 0 Å². The highest BCUT2D eigenvalue weighted by atomic mass is 15.0. The van der Waals surface area contributed by atoms with Gasteiger partial charge in [0.1, 0.15) is 11.9 Å². The molecule has 0 saturated carbocycles. The van der Waals surface area contributed by atoms with Crippen LogP contribution in [0, 0.1) is 18.3 Å². The number of aromatic nitrogens is 2. The number of nitrogens with one attached hydrogen (secondary N) is 1. The van der Waals surface area contributed by atoms with Crippen LogP contribution in [0.25, 0.3) is 10.9 Å². The number of benzene rings is 1. The molecule has 0 radical (unpaired) electrons. The number of aryl methyl sites for hydroxylation is 1. The van der Waals surface area contributed by atoms with Crippen molar-refractivity contribution in [3.8, 4) is 6.07 Å². The number of anilines is 2. The van der Waals surface area contributed by atoms with Gasteiger partial charge in [-0.25, -0.2) is 4.98 Å². The Morgan fingerprint density at radius 3 is 2.75 bits per heavy atom. The predicted molar refractivity (Wildman–Crippen MR) is 78.7 cm³/mol. The van der Waals surface area contributed by atoms with Gasteiger partial charge in [-0.05, 0) is 31.2 Å². The number of hydrogen-bond acceptors (Lipinski definition) is 4. The standard InChI is InChI=1S/C16H12N4/c1-11-5-7-13-3-2-4-14(16(13)19-11)20-15-8-6-12(9-17)10-18-15/h2-8,10H,1H3,(H,18,20). The summed E-state index contributed by atoms with van der Waals surface area (Å²) in [7, 11) is 0. The van der Waals surface area contributed by atoms with Crippen molar-refractivity contribution >= 4 is 22.4 Å². The van der Waals surface area contributed by atoms with Crippen LogP contribution >= 0.6 is 0 Å². The minimum atomic E-state index is 0.544. The quantitative estimate of drug-likeness (QED) is 0.765. The van der Waals surface area contributed by atoms with E-state index in [4.69, 9.17) is 5.26 Å². The fourth-order valence-corrected chi connectivity index (χ4v) is 2.02. The molecule has 0 amide bonds. The Balaban J connectivity index is 2.01. The van der Waals surface area contributed by atoms with Gasteiger partial charge in [0, 0.05) is 17.3 Å². The van der Waals surface area contributed by atoms with Gasteiger partial charge < -0.3 is 5.32 Å². The summed E-state index contributed by atoms with van der Waals surface area (Å²) in [5, 5.41) is 13.1. The molecule has 4 nitrogen and oxygen atoms in total. The Labute approximate surface area is 116 Å². The molecule has 1 aromatic carbocycles. The van der Waals surface area contributed by atoms with Crippen LogP contribution in [-0.4, -0.2) is 9.97 Å². The minimum Gasteiger partial charge on any atom is -0.338 e. The summed E-state index contributed by atoms with van der Waals surface area (Å²) in [6.07, 6.45) is 1.55. The first kappa shape index (κ1) is 12.1.